The fourth-order valence-electron chi connectivity index (χ4n) is 2.64. The van der Waals surface area contributed by atoms with E-state index in [9.17, 15) is 14.7 Å². The van der Waals surface area contributed by atoms with Crippen LogP contribution in [0.25, 0.3) is 6.08 Å². The Kier molecular flexibility index (Phi) is 6.84. The van der Waals surface area contributed by atoms with Crippen molar-refractivity contribution in [3.63, 3.8) is 0 Å². The average Bonchev–Trinajstić information content (AvgIpc) is 2.78. The van der Waals surface area contributed by atoms with Gasteiger partial charge >= 0.3 is 5.97 Å². The molecule has 6 heteroatoms. The van der Waals surface area contributed by atoms with Crippen molar-refractivity contribution in [2.24, 2.45) is 0 Å². The van der Waals surface area contributed by atoms with Crippen LogP contribution in [0.3, 0.4) is 0 Å². The average molecular weight is 403 g/mol. The van der Waals surface area contributed by atoms with Gasteiger partial charge in [-0.3, -0.25) is 4.79 Å². The molecule has 1 amide bonds. The second kappa shape index (κ2) is 9.93. The summed E-state index contributed by atoms with van der Waals surface area (Å²) in [5.41, 5.74) is 2.29. The summed E-state index contributed by atoms with van der Waals surface area (Å²) >= 11 is 0. The number of methoxy groups -OCH3 is 1. The Morgan fingerprint density at radius 3 is 2.40 bits per heavy atom. The number of anilines is 1. The maximum absolute atomic E-state index is 12.1. The Morgan fingerprint density at radius 2 is 1.73 bits per heavy atom. The molecule has 0 atom stereocenters. The molecule has 3 aromatic carbocycles. The fourth-order valence-corrected chi connectivity index (χ4v) is 2.64. The normalized spacial score (nSPS) is 10.6. The van der Waals surface area contributed by atoms with Gasteiger partial charge in [-0.1, -0.05) is 42.5 Å². The minimum absolute atomic E-state index is 0.193. The number of esters is 1. The molecule has 0 fully saturated rings. The summed E-state index contributed by atoms with van der Waals surface area (Å²) in [5.74, 6) is -0.476. The quantitative estimate of drug-likeness (QED) is 0.347. The Morgan fingerprint density at radius 1 is 1.00 bits per heavy atom. The van der Waals surface area contributed by atoms with E-state index in [2.05, 4.69) is 10.1 Å². The summed E-state index contributed by atoms with van der Waals surface area (Å²) in [4.78, 5) is 23.6. The van der Waals surface area contributed by atoms with Crippen LogP contribution in [0.15, 0.2) is 78.9 Å². The molecule has 152 valence electrons. The molecule has 0 aliphatic rings. The van der Waals surface area contributed by atoms with Crippen molar-refractivity contribution in [3.8, 4) is 11.5 Å². The van der Waals surface area contributed by atoms with Gasteiger partial charge in [-0.05, 0) is 47.5 Å². The van der Waals surface area contributed by atoms with Gasteiger partial charge in [0, 0.05) is 6.08 Å². The fraction of sp³-hybridized carbons (Fsp3) is 0.0833. The maximum atomic E-state index is 12.1. The van der Waals surface area contributed by atoms with E-state index in [1.165, 1.54) is 31.4 Å². The van der Waals surface area contributed by atoms with E-state index in [4.69, 9.17) is 4.74 Å². The molecule has 0 aliphatic heterocycles. The van der Waals surface area contributed by atoms with E-state index in [1.54, 1.807) is 6.08 Å². The molecular weight excluding hydrogens is 382 g/mol. The van der Waals surface area contributed by atoms with Crippen LogP contribution in [0, 0.1) is 0 Å². The number of ether oxygens (including phenoxy) is 2. The summed E-state index contributed by atoms with van der Waals surface area (Å²) in [6.45, 7) is 0.483. The topological polar surface area (TPSA) is 84.9 Å². The number of benzene rings is 3. The van der Waals surface area contributed by atoms with Gasteiger partial charge in [-0.15, -0.1) is 0 Å². The van der Waals surface area contributed by atoms with Crippen molar-refractivity contribution in [2.45, 2.75) is 6.61 Å². The van der Waals surface area contributed by atoms with Gasteiger partial charge in [0.15, 0.2) is 0 Å². The van der Waals surface area contributed by atoms with Gasteiger partial charge in [0.2, 0.25) is 5.91 Å². The van der Waals surface area contributed by atoms with E-state index in [-0.39, 0.29) is 17.0 Å². The maximum Gasteiger partial charge on any atom is 0.337 e. The van der Waals surface area contributed by atoms with Crippen molar-refractivity contribution in [1.82, 2.24) is 0 Å². The third kappa shape index (κ3) is 5.72. The van der Waals surface area contributed by atoms with Gasteiger partial charge in [0.25, 0.3) is 0 Å². The molecule has 2 N–H and O–H groups in total. The Hall–Kier alpha value is -4.06. The number of aromatic hydroxyl groups is 1. The molecule has 0 aliphatic carbocycles. The molecule has 0 radical (unpaired) electrons. The van der Waals surface area contributed by atoms with Crippen molar-refractivity contribution in [1.29, 1.82) is 0 Å². The number of carbonyl (C=O) groups is 2. The van der Waals surface area contributed by atoms with Crippen LogP contribution in [0.1, 0.15) is 21.5 Å². The van der Waals surface area contributed by atoms with E-state index in [1.807, 2.05) is 54.6 Å². The first-order valence-electron chi connectivity index (χ1n) is 9.22. The van der Waals surface area contributed by atoms with Gasteiger partial charge in [-0.2, -0.15) is 0 Å². The zero-order chi connectivity index (χ0) is 21.3. The minimum atomic E-state index is -0.570. The highest BCUT2D eigenvalue weighted by Crippen LogP contribution is 2.24. The predicted octanol–water partition coefficient (Wildman–Crippen LogP) is 4.41. The molecule has 3 rings (SSSR count). The number of amides is 1. The molecule has 0 unspecified atom stereocenters. The zero-order valence-corrected chi connectivity index (χ0v) is 16.4. The van der Waals surface area contributed by atoms with Crippen LogP contribution < -0.4 is 10.1 Å². The molecular formula is C24H21NO5. The number of phenols is 1. The van der Waals surface area contributed by atoms with Crippen molar-refractivity contribution < 1.29 is 24.2 Å². The van der Waals surface area contributed by atoms with Gasteiger partial charge in [0.1, 0.15) is 18.1 Å². The highest BCUT2D eigenvalue weighted by molar-refractivity contribution is 6.03. The highest BCUT2D eigenvalue weighted by atomic mass is 16.5. The van der Waals surface area contributed by atoms with Crippen LogP contribution in [-0.4, -0.2) is 24.1 Å². The summed E-state index contributed by atoms with van der Waals surface area (Å²) in [7, 11) is 1.25. The standard InChI is InChI=1S/C24H21NO5/c1-29-24(28)19-10-13-21(22(26)15-19)25-23(27)14-9-17-7-11-20(12-8-17)30-16-18-5-3-2-4-6-18/h2-15,26H,16H2,1H3,(H,25,27)/b14-9+. The summed E-state index contributed by atoms with van der Waals surface area (Å²) in [5, 5.41) is 12.5. The first kappa shape index (κ1) is 20.7. The van der Waals surface area contributed by atoms with Gasteiger partial charge < -0.3 is 19.9 Å². The van der Waals surface area contributed by atoms with Gasteiger partial charge in [-0.25, -0.2) is 4.79 Å². The predicted molar refractivity (Wildman–Crippen MR) is 114 cm³/mol. The second-order valence-electron chi connectivity index (χ2n) is 6.39. The van der Waals surface area contributed by atoms with E-state index in [0.717, 1.165) is 16.9 Å². The van der Waals surface area contributed by atoms with Crippen LogP contribution in [0.5, 0.6) is 11.5 Å². The summed E-state index contributed by atoms with van der Waals surface area (Å²) < 4.78 is 10.3. The minimum Gasteiger partial charge on any atom is -0.506 e. The second-order valence-corrected chi connectivity index (χ2v) is 6.39. The summed E-state index contributed by atoms with van der Waals surface area (Å²) in [6.07, 6.45) is 3.00. The van der Waals surface area contributed by atoms with E-state index >= 15 is 0 Å². The molecule has 0 spiro atoms. The molecule has 0 heterocycles. The molecule has 0 aromatic heterocycles. The first-order chi connectivity index (χ1) is 14.5. The van der Waals surface area contributed by atoms with E-state index < -0.39 is 11.9 Å². The molecule has 0 bridgehead atoms. The zero-order valence-electron chi connectivity index (χ0n) is 16.4. The van der Waals surface area contributed by atoms with Gasteiger partial charge in [0.05, 0.1) is 18.4 Å². The number of hydrogen-bond donors (Lipinski definition) is 2. The van der Waals surface area contributed by atoms with Crippen LogP contribution in [0.2, 0.25) is 0 Å². The molecule has 0 saturated carbocycles. The number of carbonyl (C=O) groups excluding carboxylic acids is 2. The summed E-state index contributed by atoms with van der Waals surface area (Å²) in [6, 6.07) is 21.3. The van der Waals surface area contributed by atoms with Crippen molar-refractivity contribution in [2.75, 3.05) is 12.4 Å². The lowest BCUT2D eigenvalue weighted by atomic mass is 10.2. The van der Waals surface area contributed by atoms with Crippen LogP contribution in [0.4, 0.5) is 5.69 Å². The van der Waals surface area contributed by atoms with Crippen LogP contribution >= 0.6 is 0 Å². The number of hydrogen-bond acceptors (Lipinski definition) is 5. The number of rotatable bonds is 7. The SMILES string of the molecule is COC(=O)c1ccc(NC(=O)/C=C/c2ccc(OCc3ccccc3)cc2)c(O)c1. The number of nitrogens with one attached hydrogen (secondary N) is 1. The molecule has 6 nitrogen and oxygen atoms in total. The van der Waals surface area contributed by atoms with Crippen LogP contribution in [-0.2, 0) is 16.1 Å². The Balaban J connectivity index is 1.55. The van der Waals surface area contributed by atoms with E-state index in [0.29, 0.717) is 6.61 Å². The molecule has 30 heavy (non-hydrogen) atoms. The third-order valence-electron chi connectivity index (χ3n) is 4.23. The Bertz CT molecular complexity index is 1040. The largest absolute Gasteiger partial charge is 0.506 e. The first-order valence-corrected chi connectivity index (χ1v) is 9.22. The lowest BCUT2D eigenvalue weighted by Crippen LogP contribution is -2.08. The monoisotopic (exact) mass is 403 g/mol. The smallest absolute Gasteiger partial charge is 0.337 e. The van der Waals surface area contributed by atoms with Crippen molar-refractivity contribution >= 4 is 23.6 Å². The molecule has 3 aromatic rings. The lowest BCUT2D eigenvalue weighted by Gasteiger charge is -2.07. The third-order valence-corrected chi connectivity index (χ3v) is 4.23. The molecule has 0 saturated heterocycles. The Labute approximate surface area is 174 Å². The lowest BCUT2D eigenvalue weighted by molar-refractivity contribution is -0.111. The van der Waals surface area contributed by atoms with Crippen molar-refractivity contribution in [3.05, 3.63) is 95.6 Å². The highest BCUT2D eigenvalue weighted by Gasteiger charge is 2.10. The number of phenolic OH excluding ortho intramolecular Hbond substituents is 1.